The smallest absolute Gasteiger partial charge is 0.162 e. The van der Waals surface area contributed by atoms with Crippen molar-refractivity contribution in [1.29, 1.82) is 0 Å². The number of aryl methyl sites for hydroxylation is 1. The van der Waals surface area contributed by atoms with E-state index in [0.717, 1.165) is 42.2 Å². The first-order chi connectivity index (χ1) is 11.2. The molecule has 0 saturated heterocycles. The minimum atomic E-state index is -0.0308. The maximum atomic E-state index is 9.60. The number of anilines is 1. The molecule has 1 aromatic carbocycles. The van der Waals surface area contributed by atoms with Crippen molar-refractivity contribution in [2.24, 2.45) is 0 Å². The molecule has 0 amide bonds. The number of aliphatic hydroxyl groups is 1. The van der Waals surface area contributed by atoms with Crippen molar-refractivity contribution in [3.63, 3.8) is 0 Å². The van der Waals surface area contributed by atoms with Crippen LogP contribution in [0.15, 0.2) is 36.5 Å². The summed E-state index contributed by atoms with van der Waals surface area (Å²) < 4.78 is 1.94. The van der Waals surface area contributed by atoms with Crippen molar-refractivity contribution in [2.75, 3.05) is 11.4 Å². The molecule has 0 bridgehead atoms. The third-order valence-corrected chi connectivity index (χ3v) is 4.92. The number of halogens is 1. The van der Waals surface area contributed by atoms with E-state index in [1.807, 2.05) is 23.6 Å². The molecule has 1 N–H and O–H groups in total. The number of fused-ring (bicyclic) bond motifs is 2. The second-order valence-corrected chi connectivity index (χ2v) is 6.36. The molecule has 1 aliphatic heterocycles. The number of hydrogen-bond acceptors (Lipinski definition) is 3. The Labute approximate surface area is 140 Å². The Balaban J connectivity index is 1.85. The summed E-state index contributed by atoms with van der Waals surface area (Å²) in [5.41, 5.74) is 6.17. The molecule has 0 radical (unpaired) electrons. The second kappa shape index (κ2) is 5.55. The molecule has 0 saturated carbocycles. The van der Waals surface area contributed by atoms with Gasteiger partial charge in [0.15, 0.2) is 5.65 Å². The maximum Gasteiger partial charge on any atom is 0.162 e. The van der Waals surface area contributed by atoms with Gasteiger partial charge in [0.05, 0.1) is 28.7 Å². The number of benzene rings is 1. The zero-order chi connectivity index (χ0) is 16.0. The average Bonchev–Trinajstić information content (AvgIpc) is 2.89. The molecule has 0 fully saturated rings. The number of aliphatic hydroxyl groups excluding tert-OH is 1. The van der Waals surface area contributed by atoms with E-state index < -0.39 is 0 Å². The van der Waals surface area contributed by atoms with Crippen molar-refractivity contribution >= 4 is 22.9 Å². The molecular formula is C18H18ClN3O. The summed E-state index contributed by atoms with van der Waals surface area (Å²) in [5.74, 6) is 0. The molecular weight excluding hydrogens is 310 g/mol. The number of aromatic nitrogens is 2. The normalized spacial score (nSPS) is 14.3. The van der Waals surface area contributed by atoms with Crippen LogP contribution in [0.2, 0.25) is 5.02 Å². The summed E-state index contributed by atoms with van der Waals surface area (Å²) in [7, 11) is 0. The van der Waals surface area contributed by atoms with E-state index in [0.29, 0.717) is 5.02 Å². The molecule has 3 heterocycles. The Bertz CT molecular complexity index is 887. The van der Waals surface area contributed by atoms with Gasteiger partial charge in [-0.15, -0.1) is 0 Å². The molecule has 4 nitrogen and oxygen atoms in total. The fraction of sp³-hybridized carbons (Fsp3) is 0.278. The fourth-order valence-electron chi connectivity index (χ4n) is 3.40. The maximum absolute atomic E-state index is 9.60. The molecule has 23 heavy (non-hydrogen) atoms. The standard InChI is InChI=1S/C18H18ClN3O/c1-12-16(11-23)22-9-7-15(19)17(18(22)20-12)21-8-6-13-4-2-3-5-14(13)10-21/h2-5,7,9,23H,6,8,10-11H2,1H3. The molecule has 5 heteroatoms. The van der Waals surface area contributed by atoms with E-state index >= 15 is 0 Å². The molecule has 0 atom stereocenters. The van der Waals surface area contributed by atoms with Gasteiger partial charge in [0.1, 0.15) is 0 Å². The van der Waals surface area contributed by atoms with Gasteiger partial charge in [-0.05, 0) is 30.5 Å². The molecule has 118 valence electrons. The summed E-state index contributed by atoms with van der Waals surface area (Å²) in [6, 6.07) is 10.4. The van der Waals surface area contributed by atoms with Crippen molar-refractivity contribution in [2.45, 2.75) is 26.5 Å². The van der Waals surface area contributed by atoms with Crippen LogP contribution in [-0.4, -0.2) is 21.0 Å². The highest BCUT2D eigenvalue weighted by atomic mass is 35.5. The van der Waals surface area contributed by atoms with E-state index in [1.54, 1.807) is 0 Å². The van der Waals surface area contributed by atoms with E-state index in [4.69, 9.17) is 11.6 Å². The SMILES string of the molecule is Cc1nc2c(N3CCc4ccccc4C3)c(Cl)ccn2c1CO. The predicted octanol–water partition coefficient (Wildman–Crippen LogP) is 3.35. The van der Waals surface area contributed by atoms with Gasteiger partial charge >= 0.3 is 0 Å². The summed E-state index contributed by atoms with van der Waals surface area (Å²) in [5, 5.41) is 10.3. The first-order valence-electron chi connectivity index (χ1n) is 7.77. The lowest BCUT2D eigenvalue weighted by Crippen LogP contribution is -2.31. The predicted molar refractivity (Wildman–Crippen MR) is 92.1 cm³/mol. The Morgan fingerprint density at radius 1 is 1.22 bits per heavy atom. The van der Waals surface area contributed by atoms with Crippen molar-refractivity contribution < 1.29 is 5.11 Å². The zero-order valence-corrected chi connectivity index (χ0v) is 13.7. The van der Waals surface area contributed by atoms with Crippen LogP contribution in [0.4, 0.5) is 5.69 Å². The van der Waals surface area contributed by atoms with Crippen LogP contribution in [0.3, 0.4) is 0 Å². The minimum Gasteiger partial charge on any atom is -0.390 e. The van der Waals surface area contributed by atoms with Crippen LogP contribution >= 0.6 is 11.6 Å². The Hall–Kier alpha value is -2.04. The summed E-state index contributed by atoms with van der Waals surface area (Å²) >= 11 is 6.51. The Kier molecular flexibility index (Phi) is 3.51. The van der Waals surface area contributed by atoms with Gasteiger partial charge in [-0.25, -0.2) is 4.98 Å². The van der Waals surface area contributed by atoms with Crippen molar-refractivity contribution in [1.82, 2.24) is 9.38 Å². The molecule has 0 unspecified atom stereocenters. The lowest BCUT2D eigenvalue weighted by molar-refractivity contribution is 0.275. The van der Waals surface area contributed by atoms with Crippen molar-refractivity contribution in [3.05, 3.63) is 64.1 Å². The van der Waals surface area contributed by atoms with Gasteiger partial charge in [-0.1, -0.05) is 35.9 Å². The number of pyridine rings is 1. The molecule has 1 aliphatic rings. The average molecular weight is 328 g/mol. The molecule has 0 spiro atoms. The second-order valence-electron chi connectivity index (χ2n) is 5.95. The van der Waals surface area contributed by atoms with Gasteiger partial charge in [0.2, 0.25) is 0 Å². The third kappa shape index (κ3) is 2.30. The van der Waals surface area contributed by atoms with E-state index in [-0.39, 0.29) is 6.61 Å². The van der Waals surface area contributed by atoms with Gasteiger partial charge in [0, 0.05) is 19.3 Å². The Morgan fingerprint density at radius 3 is 2.78 bits per heavy atom. The summed E-state index contributed by atoms with van der Waals surface area (Å²) in [6.45, 7) is 3.63. The van der Waals surface area contributed by atoms with Crippen LogP contribution in [-0.2, 0) is 19.6 Å². The largest absolute Gasteiger partial charge is 0.390 e. The first kappa shape index (κ1) is 14.5. The fourth-order valence-corrected chi connectivity index (χ4v) is 3.66. The van der Waals surface area contributed by atoms with Crippen LogP contribution in [0.5, 0.6) is 0 Å². The first-order valence-corrected chi connectivity index (χ1v) is 8.15. The van der Waals surface area contributed by atoms with Crippen LogP contribution in [0, 0.1) is 6.92 Å². The summed E-state index contributed by atoms with van der Waals surface area (Å²) in [6.07, 6.45) is 2.88. The summed E-state index contributed by atoms with van der Waals surface area (Å²) in [4.78, 5) is 6.94. The van der Waals surface area contributed by atoms with E-state index in [2.05, 4.69) is 34.1 Å². The number of hydrogen-bond donors (Lipinski definition) is 1. The van der Waals surface area contributed by atoms with Gasteiger partial charge < -0.3 is 10.0 Å². The highest BCUT2D eigenvalue weighted by molar-refractivity contribution is 6.34. The van der Waals surface area contributed by atoms with E-state index in [9.17, 15) is 5.11 Å². The van der Waals surface area contributed by atoms with Gasteiger partial charge in [-0.2, -0.15) is 0 Å². The lowest BCUT2D eigenvalue weighted by atomic mass is 9.99. The molecule has 4 rings (SSSR count). The molecule has 2 aromatic heterocycles. The third-order valence-electron chi connectivity index (χ3n) is 4.61. The number of nitrogens with zero attached hydrogens (tertiary/aromatic N) is 3. The highest BCUT2D eigenvalue weighted by Crippen LogP contribution is 2.34. The van der Waals surface area contributed by atoms with Crippen LogP contribution < -0.4 is 4.90 Å². The van der Waals surface area contributed by atoms with Crippen LogP contribution in [0.1, 0.15) is 22.5 Å². The zero-order valence-electron chi connectivity index (χ0n) is 13.0. The quantitative estimate of drug-likeness (QED) is 0.784. The van der Waals surface area contributed by atoms with Gasteiger partial charge in [-0.3, -0.25) is 4.40 Å². The van der Waals surface area contributed by atoms with Crippen molar-refractivity contribution in [3.8, 4) is 0 Å². The monoisotopic (exact) mass is 327 g/mol. The van der Waals surface area contributed by atoms with Crippen LogP contribution in [0.25, 0.3) is 5.65 Å². The molecule has 0 aliphatic carbocycles. The highest BCUT2D eigenvalue weighted by Gasteiger charge is 2.22. The van der Waals surface area contributed by atoms with Gasteiger partial charge in [0.25, 0.3) is 0 Å². The number of imidazole rings is 1. The molecule has 3 aromatic rings. The number of rotatable bonds is 2. The lowest BCUT2D eigenvalue weighted by Gasteiger charge is -2.31. The minimum absolute atomic E-state index is 0.0308. The Morgan fingerprint density at radius 2 is 2.00 bits per heavy atom. The topological polar surface area (TPSA) is 40.8 Å². The van der Waals surface area contributed by atoms with E-state index in [1.165, 1.54) is 11.1 Å².